The quantitative estimate of drug-likeness (QED) is 0.675. The summed E-state index contributed by atoms with van der Waals surface area (Å²) in [6.07, 6.45) is 1.00. The summed E-state index contributed by atoms with van der Waals surface area (Å²) in [6.45, 7) is 0.466. The lowest BCUT2D eigenvalue weighted by molar-refractivity contribution is -0.130. The molecule has 0 radical (unpaired) electrons. The highest BCUT2D eigenvalue weighted by molar-refractivity contribution is 5.76. The lowest BCUT2D eigenvalue weighted by Gasteiger charge is -2.19. The second kappa shape index (κ2) is 9.71. The third-order valence-corrected chi connectivity index (χ3v) is 4.37. The van der Waals surface area contributed by atoms with E-state index >= 15 is 0 Å². The molecule has 0 saturated carbocycles. The zero-order valence-electron chi connectivity index (χ0n) is 16.6. The second-order valence-corrected chi connectivity index (χ2v) is 6.15. The van der Waals surface area contributed by atoms with Gasteiger partial charge in [0.15, 0.2) is 0 Å². The first kappa shape index (κ1) is 20.4. The molecule has 2 aromatic carbocycles. The molecule has 0 aromatic heterocycles. The molecule has 0 fully saturated rings. The first-order valence-electron chi connectivity index (χ1n) is 8.67. The maximum atomic E-state index is 12.6. The van der Waals surface area contributed by atoms with E-state index in [1.54, 1.807) is 40.4 Å². The van der Waals surface area contributed by atoms with E-state index < -0.39 is 0 Å². The number of carbonyl (C=O) groups is 1. The van der Waals surface area contributed by atoms with Crippen LogP contribution in [0.3, 0.4) is 0 Å². The maximum absolute atomic E-state index is 12.6. The topological polar surface area (TPSA) is 57.2 Å². The van der Waals surface area contributed by atoms with Crippen molar-refractivity contribution in [3.63, 3.8) is 0 Å². The highest BCUT2D eigenvalue weighted by atomic mass is 16.5. The van der Waals surface area contributed by atoms with Gasteiger partial charge in [-0.25, -0.2) is 0 Å². The number of hydrogen-bond donors (Lipinski definition) is 0. The Labute approximate surface area is 160 Å². The summed E-state index contributed by atoms with van der Waals surface area (Å²) in [6, 6.07) is 11.2. The molecule has 2 rings (SSSR count). The van der Waals surface area contributed by atoms with Crippen LogP contribution < -0.4 is 18.9 Å². The fourth-order valence-corrected chi connectivity index (χ4v) is 2.78. The molecular weight excluding hydrogens is 346 g/mol. The summed E-state index contributed by atoms with van der Waals surface area (Å²) in [4.78, 5) is 14.2. The van der Waals surface area contributed by atoms with Crippen molar-refractivity contribution in [1.82, 2.24) is 4.90 Å². The van der Waals surface area contributed by atoms with Crippen molar-refractivity contribution in [3.8, 4) is 23.0 Å². The Balaban J connectivity index is 2.00. The molecule has 0 unspecified atom stereocenters. The average Bonchev–Trinajstić information content (AvgIpc) is 2.71. The zero-order chi connectivity index (χ0) is 19.8. The average molecular weight is 373 g/mol. The van der Waals surface area contributed by atoms with Crippen LogP contribution in [0.2, 0.25) is 0 Å². The zero-order valence-corrected chi connectivity index (χ0v) is 16.6. The number of carbonyl (C=O) groups excluding carboxylic acids is 1. The molecule has 0 aliphatic rings. The van der Waals surface area contributed by atoms with Crippen LogP contribution in [0.5, 0.6) is 23.0 Å². The van der Waals surface area contributed by atoms with Gasteiger partial charge < -0.3 is 23.8 Å². The largest absolute Gasteiger partial charge is 0.497 e. The number of nitrogens with zero attached hydrogens (tertiary/aromatic N) is 1. The highest BCUT2D eigenvalue weighted by Gasteiger charge is 2.13. The molecule has 0 atom stereocenters. The van der Waals surface area contributed by atoms with Gasteiger partial charge in [0, 0.05) is 37.7 Å². The summed E-state index contributed by atoms with van der Waals surface area (Å²) < 4.78 is 21.2. The maximum Gasteiger partial charge on any atom is 0.222 e. The van der Waals surface area contributed by atoms with Gasteiger partial charge in [0.1, 0.15) is 23.0 Å². The molecule has 6 nitrogen and oxygen atoms in total. The number of hydrogen-bond acceptors (Lipinski definition) is 5. The fraction of sp³-hybridized carbons (Fsp3) is 0.381. The molecule has 6 heteroatoms. The number of methoxy groups -OCH3 is 4. The molecule has 0 aliphatic carbocycles. The minimum atomic E-state index is 0.0506. The van der Waals surface area contributed by atoms with Crippen molar-refractivity contribution < 1.29 is 23.7 Å². The SMILES string of the molecule is COc1cc(CCC(=O)N(C)Cc2ccc(OC)cc2OC)cc(OC)c1. The van der Waals surface area contributed by atoms with Crippen LogP contribution in [0, 0.1) is 0 Å². The molecule has 0 spiro atoms. The fourth-order valence-electron chi connectivity index (χ4n) is 2.78. The number of benzene rings is 2. The van der Waals surface area contributed by atoms with E-state index in [-0.39, 0.29) is 5.91 Å². The second-order valence-electron chi connectivity index (χ2n) is 6.15. The standard InChI is InChI=1S/C21H27NO5/c1-22(14-16-7-8-17(24-2)13-20(16)27-5)21(23)9-6-15-10-18(25-3)12-19(11-15)26-4/h7-8,10-13H,6,9,14H2,1-5H3. The van der Waals surface area contributed by atoms with Crippen LogP contribution in [0.4, 0.5) is 0 Å². The summed E-state index contributed by atoms with van der Waals surface area (Å²) in [5, 5.41) is 0. The first-order valence-corrected chi connectivity index (χ1v) is 8.67. The molecule has 2 aromatic rings. The molecule has 0 saturated heterocycles. The van der Waals surface area contributed by atoms with E-state index in [0.717, 1.165) is 16.9 Å². The third kappa shape index (κ3) is 5.54. The Morgan fingerprint density at radius 1 is 0.852 bits per heavy atom. The Morgan fingerprint density at radius 3 is 2.04 bits per heavy atom. The van der Waals surface area contributed by atoms with Crippen molar-refractivity contribution in [2.24, 2.45) is 0 Å². The summed E-state index contributed by atoms with van der Waals surface area (Å²) in [5.41, 5.74) is 1.92. The highest BCUT2D eigenvalue weighted by Crippen LogP contribution is 2.26. The van der Waals surface area contributed by atoms with E-state index in [4.69, 9.17) is 18.9 Å². The predicted molar refractivity (Wildman–Crippen MR) is 104 cm³/mol. The van der Waals surface area contributed by atoms with E-state index in [0.29, 0.717) is 36.6 Å². The van der Waals surface area contributed by atoms with Crippen LogP contribution in [0.15, 0.2) is 36.4 Å². The van der Waals surface area contributed by atoms with Crippen molar-refractivity contribution >= 4 is 5.91 Å². The van der Waals surface area contributed by atoms with Crippen molar-refractivity contribution in [2.75, 3.05) is 35.5 Å². The Kier molecular flexibility index (Phi) is 7.34. The number of aryl methyl sites for hydroxylation is 1. The van der Waals surface area contributed by atoms with Crippen molar-refractivity contribution in [2.45, 2.75) is 19.4 Å². The molecule has 0 heterocycles. The minimum absolute atomic E-state index is 0.0506. The third-order valence-electron chi connectivity index (χ3n) is 4.37. The Hall–Kier alpha value is -2.89. The smallest absolute Gasteiger partial charge is 0.222 e. The van der Waals surface area contributed by atoms with Gasteiger partial charge >= 0.3 is 0 Å². The van der Waals surface area contributed by atoms with E-state index in [1.807, 2.05) is 36.4 Å². The Bertz CT molecular complexity index is 753. The monoisotopic (exact) mass is 373 g/mol. The predicted octanol–water partition coefficient (Wildman–Crippen LogP) is 3.31. The van der Waals surface area contributed by atoms with E-state index in [2.05, 4.69) is 0 Å². The molecule has 1 amide bonds. The van der Waals surface area contributed by atoms with Crippen LogP contribution in [-0.2, 0) is 17.8 Å². The van der Waals surface area contributed by atoms with Gasteiger partial charge in [0.2, 0.25) is 5.91 Å². The molecular formula is C21H27NO5. The lowest BCUT2D eigenvalue weighted by Crippen LogP contribution is -2.26. The van der Waals surface area contributed by atoms with Gasteiger partial charge in [-0.05, 0) is 36.2 Å². The molecule has 146 valence electrons. The summed E-state index contributed by atoms with van der Waals surface area (Å²) in [5.74, 6) is 2.90. The lowest BCUT2D eigenvalue weighted by atomic mass is 10.1. The normalized spacial score (nSPS) is 10.3. The first-order chi connectivity index (χ1) is 13.0. The van der Waals surface area contributed by atoms with Gasteiger partial charge in [0.05, 0.1) is 28.4 Å². The van der Waals surface area contributed by atoms with Crippen LogP contribution in [0.1, 0.15) is 17.5 Å². The van der Waals surface area contributed by atoms with Gasteiger partial charge in [-0.2, -0.15) is 0 Å². The van der Waals surface area contributed by atoms with Gasteiger partial charge in [-0.1, -0.05) is 0 Å². The van der Waals surface area contributed by atoms with E-state index in [9.17, 15) is 4.79 Å². The van der Waals surface area contributed by atoms with Crippen LogP contribution >= 0.6 is 0 Å². The number of ether oxygens (including phenoxy) is 4. The molecule has 0 aliphatic heterocycles. The number of amides is 1. The van der Waals surface area contributed by atoms with Crippen LogP contribution in [-0.4, -0.2) is 46.3 Å². The van der Waals surface area contributed by atoms with E-state index in [1.165, 1.54) is 0 Å². The van der Waals surface area contributed by atoms with Crippen LogP contribution in [0.25, 0.3) is 0 Å². The summed E-state index contributed by atoms with van der Waals surface area (Å²) >= 11 is 0. The number of rotatable bonds is 9. The van der Waals surface area contributed by atoms with Gasteiger partial charge in [0.25, 0.3) is 0 Å². The van der Waals surface area contributed by atoms with Gasteiger partial charge in [-0.3, -0.25) is 4.79 Å². The summed E-state index contributed by atoms with van der Waals surface area (Å²) in [7, 11) is 8.23. The van der Waals surface area contributed by atoms with Crippen molar-refractivity contribution in [3.05, 3.63) is 47.5 Å². The molecule has 27 heavy (non-hydrogen) atoms. The molecule has 0 N–H and O–H groups in total. The Morgan fingerprint density at radius 2 is 1.48 bits per heavy atom. The van der Waals surface area contributed by atoms with Crippen molar-refractivity contribution in [1.29, 1.82) is 0 Å². The van der Waals surface area contributed by atoms with Gasteiger partial charge in [-0.15, -0.1) is 0 Å². The minimum Gasteiger partial charge on any atom is -0.497 e. The molecule has 0 bridgehead atoms.